The summed E-state index contributed by atoms with van der Waals surface area (Å²) < 4.78 is 0. The number of piperazine rings is 1. The first-order chi connectivity index (χ1) is 18.2. The van der Waals surface area contributed by atoms with Crippen LogP contribution in [0.25, 0.3) is 0 Å². The molecule has 1 fully saturated rings. The first kappa shape index (κ1) is 27.9. The number of nitrogens with one attached hydrogen (secondary N) is 1. The number of nitriles is 1. The van der Waals surface area contributed by atoms with Gasteiger partial charge in [0.05, 0.1) is 29.5 Å². The molecule has 198 valence electrons. The molecule has 4 rings (SSSR count). The molecule has 1 saturated heterocycles. The van der Waals surface area contributed by atoms with Crippen molar-refractivity contribution in [3.05, 3.63) is 99.0 Å². The van der Waals surface area contributed by atoms with E-state index >= 15 is 0 Å². The van der Waals surface area contributed by atoms with E-state index in [2.05, 4.69) is 21.2 Å². The SMILES string of the molecule is C[C@@](O)(CN1CCN(c2ccc(Cl)cc2C#N)C(c2ccc(Cl)cc2)C1)c1ccc(C(=O)NCCO)cc1. The quantitative estimate of drug-likeness (QED) is 0.384. The zero-order valence-electron chi connectivity index (χ0n) is 21.1. The number of β-amino-alcohol motifs (C(OH)–C–C–N with tert-alkyl or cyclic N) is 1. The fourth-order valence-electron chi connectivity index (χ4n) is 4.87. The monoisotopic (exact) mass is 552 g/mol. The molecule has 0 aromatic heterocycles. The first-order valence-electron chi connectivity index (χ1n) is 12.4. The van der Waals surface area contributed by atoms with Gasteiger partial charge in [-0.15, -0.1) is 0 Å². The van der Waals surface area contributed by atoms with Gasteiger partial charge >= 0.3 is 0 Å². The minimum absolute atomic E-state index is 0.0808. The molecule has 0 aliphatic carbocycles. The summed E-state index contributed by atoms with van der Waals surface area (Å²) in [5, 5.41) is 33.9. The second-order valence-corrected chi connectivity index (χ2v) is 10.5. The zero-order chi connectivity index (χ0) is 27.3. The predicted octanol–water partition coefficient (Wildman–Crippen LogP) is 4.36. The van der Waals surface area contributed by atoms with E-state index in [1.165, 1.54) is 0 Å². The average molecular weight is 553 g/mol. The van der Waals surface area contributed by atoms with E-state index in [1.54, 1.807) is 43.3 Å². The molecule has 1 amide bonds. The number of benzene rings is 3. The third kappa shape index (κ3) is 6.47. The van der Waals surface area contributed by atoms with E-state index in [-0.39, 0.29) is 25.1 Å². The van der Waals surface area contributed by atoms with Gasteiger partial charge in [-0.05, 0) is 60.5 Å². The van der Waals surface area contributed by atoms with Crippen LogP contribution in [0.2, 0.25) is 10.0 Å². The summed E-state index contributed by atoms with van der Waals surface area (Å²) in [5.41, 5.74) is 2.39. The number of carbonyl (C=O) groups excluding carboxylic acids is 1. The van der Waals surface area contributed by atoms with E-state index in [9.17, 15) is 15.2 Å². The zero-order valence-corrected chi connectivity index (χ0v) is 22.6. The molecule has 9 heteroatoms. The average Bonchev–Trinajstić information content (AvgIpc) is 2.92. The number of amides is 1. The number of hydrogen-bond donors (Lipinski definition) is 3. The summed E-state index contributed by atoms with van der Waals surface area (Å²) in [6.45, 7) is 4.15. The second kappa shape index (κ2) is 12.2. The molecule has 2 atom stereocenters. The third-order valence-corrected chi connectivity index (χ3v) is 7.29. The Morgan fingerprint density at radius 3 is 2.42 bits per heavy atom. The maximum Gasteiger partial charge on any atom is 0.251 e. The van der Waals surface area contributed by atoms with Crippen molar-refractivity contribution in [1.29, 1.82) is 5.26 Å². The maximum absolute atomic E-state index is 12.2. The predicted molar refractivity (Wildman–Crippen MR) is 150 cm³/mol. The number of nitrogens with zero attached hydrogens (tertiary/aromatic N) is 3. The Morgan fingerprint density at radius 1 is 1.08 bits per heavy atom. The summed E-state index contributed by atoms with van der Waals surface area (Å²) in [7, 11) is 0. The number of halogens is 2. The molecular formula is C29H30Cl2N4O3. The smallest absolute Gasteiger partial charge is 0.251 e. The lowest BCUT2D eigenvalue weighted by Gasteiger charge is -2.45. The Morgan fingerprint density at radius 2 is 1.76 bits per heavy atom. The van der Waals surface area contributed by atoms with Gasteiger partial charge in [-0.1, -0.05) is 47.5 Å². The van der Waals surface area contributed by atoms with Crippen molar-refractivity contribution in [2.75, 3.05) is 44.2 Å². The second-order valence-electron chi connectivity index (χ2n) is 9.60. The van der Waals surface area contributed by atoms with Gasteiger partial charge in [-0.2, -0.15) is 5.26 Å². The lowest BCUT2D eigenvalue weighted by Crippen LogP contribution is -2.52. The molecule has 7 nitrogen and oxygen atoms in total. The summed E-state index contributed by atoms with van der Waals surface area (Å²) in [6, 6.07) is 22.1. The highest BCUT2D eigenvalue weighted by molar-refractivity contribution is 6.31. The van der Waals surface area contributed by atoms with Gasteiger partial charge in [-0.25, -0.2) is 0 Å². The number of aliphatic hydroxyl groups excluding tert-OH is 1. The van der Waals surface area contributed by atoms with Crippen LogP contribution in [0.1, 0.15) is 40.0 Å². The van der Waals surface area contributed by atoms with Gasteiger partial charge < -0.3 is 20.4 Å². The normalized spacial score (nSPS) is 17.5. The summed E-state index contributed by atoms with van der Waals surface area (Å²) in [6.07, 6.45) is 0. The molecule has 1 heterocycles. The van der Waals surface area contributed by atoms with Gasteiger partial charge in [0.2, 0.25) is 0 Å². The van der Waals surface area contributed by atoms with E-state index in [0.717, 1.165) is 11.3 Å². The number of rotatable bonds is 8. The molecule has 3 aromatic carbocycles. The minimum atomic E-state index is -1.16. The van der Waals surface area contributed by atoms with Gasteiger partial charge in [0.15, 0.2) is 0 Å². The number of hydrogen-bond acceptors (Lipinski definition) is 6. The third-order valence-electron chi connectivity index (χ3n) is 6.81. The van der Waals surface area contributed by atoms with Crippen LogP contribution in [0.5, 0.6) is 0 Å². The van der Waals surface area contributed by atoms with E-state index in [1.807, 2.05) is 30.3 Å². The molecule has 1 unspecified atom stereocenters. The summed E-state index contributed by atoms with van der Waals surface area (Å²) in [5.74, 6) is -0.272. The highest BCUT2D eigenvalue weighted by atomic mass is 35.5. The summed E-state index contributed by atoms with van der Waals surface area (Å²) >= 11 is 12.3. The van der Waals surface area contributed by atoms with Crippen molar-refractivity contribution in [2.45, 2.75) is 18.6 Å². The van der Waals surface area contributed by atoms with Crippen LogP contribution < -0.4 is 10.2 Å². The van der Waals surface area contributed by atoms with Gasteiger partial charge in [0.25, 0.3) is 5.91 Å². The molecule has 0 bridgehead atoms. The van der Waals surface area contributed by atoms with Crippen molar-refractivity contribution < 1.29 is 15.0 Å². The highest BCUT2D eigenvalue weighted by Crippen LogP contribution is 2.35. The van der Waals surface area contributed by atoms with Crippen LogP contribution in [-0.2, 0) is 5.60 Å². The van der Waals surface area contributed by atoms with Crippen LogP contribution in [0.3, 0.4) is 0 Å². The molecule has 0 saturated carbocycles. The van der Waals surface area contributed by atoms with Crippen LogP contribution in [0.15, 0.2) is 66.7 Å². The maximum atomic E-state index is 12.2. The fourth-order valence-corrected chi connectivity index (χ4v) is 5.17. The van der Waals surface area contributed by atoms with E-state index < -0.39 is 5.60 Å². The van der Waals surface area contributed by atoms with Crippen molar-refractivity contribution in [1.82, 2.24) is 10.2 Å². The Kier molecular flexibility index (Phi) is 8.93. The lowest BCUT2D eigenvalue weighted by molar-refractivity contribution is 0.0103. The van der Waals surface area contributed by atoms with Crippen LogP contribution in [-0.4, -0.2) is 60.4 Å². The molecule has 1 aliphatic heterocycles. The number of carbonyl (C=O) groups is 1. The standard InChI is InChI=1S/C29H30Cl2N4O3/c1-29(38,23-6-2-21(3-7-23)28(37)33-12-15-36)19-34-13-14-35(26-11-10-25(31)16-22(26)17-32)27(18-34)20-4-8-24(30)9-5-20/h2-11,16,27,36,38H,12-15,18-19H2,1H3,(H,33,37)/t27?,29-/m1/s1. The van der Waals surface area contributed by atoms with Gasteiger partial charge in [-0.3, -0.25) is 9.69 Å². The topological polar surface area (TPSA) is 99.8 Å². The Hall–Kier alpha value is -3.12. The molecule has 0 radical (unpaired) electrons. The molecule has 3 aromatic rings. The van der Waals surface area contributed by atoms with Crippen molar-refractivity contribution in [3.63, 3.8) is 0 Å². The number of aliphatic hydroxyl groups is 2. The summed E-state index contributed by atoms with van der Waals surface area (Å²) in [4.78, 5) is 16.6. The molecule has 0 spiro atoms. The van der Waals surface area contributed by atoms with Crippen molar-refractivity contribution in [3.8, 4) is 6.07 Å². The Balaban J connectivity index is 1.55. The molecule has 38 heavy (non-hydrogen) atoms. The Bertz CT molecular complexity index is 1310. The minimum Gasteiger partial charge on any atom is -0.395 e. The fraction of sp³-hybridized carbons (Fsp3) is 0.310. The molecular weight excluding hydrogens is 523 g/mol. The van der Waals surface area contributed by atoms with Gasteiger partial charge in [0, 0.05) is 48.3 Å². The van der Waals surface area contributed by atoms with Gasteiger partial charge in [0.1, 0.15) is 6.07 Å². The Labute approximate surface area is 232 Å². The van der Waals surface area contributed by atoms with Crippen LogP contribution >= 0.6 is 23.2 Å². The van der Waals surface area contributed by atoms with E-state index in [0.29, 0.717) is 52.9 Å². The first-order valence-corrected chi connectivity index (χ1v) is 13.1. The van der Waals surface area contributed by atoms with Crippen LogP contribution in [0.4, 0.5) is 5.69 Å². The number of anilines is 1. The highest BCUT2D eigenvalue weighted by Gasteiger charge is 2.34. The molecule has 1 aliphatic rings. The lowest BCUT2D eigenvalue weighted by atomic mass is 9.93. The largest absolute Gasteiger partial charge is 0.395 e. The molecule has 3 N–H and O–H groups in total. The van der Waals surface area contributed by atoms with Crippen molar-refractivity contribution >= 4 is 34.8 Å². The van der Waals surface area contributed by atoms with E-state index in [4.69, 9.17) is 28.3 Å². The van der Waals surface area contributed by atoms with Crippen LogP contribution in [0, 0.1) is 11.3 Å². The van der Waals surface area contributed by atoms with Crippen molar-refractivity contribution in [2.24, 2.45) is 0 Å².